The van der Waals surface area contributed by atoms with Crippen molar-refractivity contribution in [1.82, 2.24) is 4.90 Å². The summed E-state index contributed by atoms with van der Waals surface area (Å²) in [5, 5.41) is 0. The molecule has 0 bridgehead atoms. The summed E-state index contributed by atoms with van der Waals surface area (Å²) in [7, 11) is 1.64. The second kappa shape index (κ2) is 6.98. The predicted molar refractivity (Wildman–Crippen MR) is 106 cm³/mol. The maximum absolute atomic E-state index is 13.0. The summed E-state index contributed by atoms with van der Waals surface area (Å²) in [6.07, 6.45) is 3.11. The Bertz CT molecular complexity index is 776. The molecule has 1 saturated heterocycles. The fraction of sp³-hybridized carbons (Fsp3) is 0.353. The Morgan fingerprint density at radius 1 is 1.21 bits per heavy atom. The van der Waals surface area contributed by atoms with Crippen molar-refractivity contribution in [3.63, 3.8) is 0 Å². The molecule has 4 nitrogen and oxygen atoms in total. The van der Waals surface area contributed by atoms with Gasteiger partial charge in [0, 0.05) is 23.6 Å². The molecule has 0 N–H and O–H groups in total. The van der Waals surface area contributed by atoms with Crippen molar-refractivity contribution in [3.8, 4) is 0 Å². The van der Waals surface area contributed by atoms with E-state index in [4.69, 9.17) is 12.2 Å². The summed E-state index contributed by atoms with van der Waals surface area (Å²) >= 11 is 9.88. The van der Waals surface area contributed by atoms with Crippen molar-refractivity contribution in [1.29, 1.82) is 0 Å². The smallest absolute Gasteiger partial charge is 0.266 e. The number of hydrogen-bond acceptors (Lipinski definition) is 4. The number of carbonyl (C=O) groups excluding carboxylic acids is 2. The number of thioether (sulfide) groups is 1. The number of amides is 2. The van der Waals surface area contributed by atoms with Gasteiger partial charge in [-0.05, 0) is 24.6 Å². The van der Waals surface area contributed by atoms with Crippen molar-refractivity contribution in [2.24, 2.45) is 0 Å². The third-order valence-electron chi connectivity index (χ3n) is 4.15. The number of halogens is 1. The molecule has 2 aliphatic rings. The first kappa shape index (κ1) is 17.6. The van der Waals surface area contributed by atoms with E-state index in [1.165, 1.54) is 16.7 Å². The number of carbonyl (C=O) groups is 2. The standard InChI is InChI=1S/C17H17BrN2O2S2/c1-3-4-5-8-20-12-7-6-10(18)9-11(12)13(15(20)21)14-16(22)19(2)17(23)24-14/h6-7,9H,3-5,8H2,1-2H3/b14-13-. The van der Waals surface area contributed by atoms with Crippen molar-refractivity contribution in [3.05, 3.63) is 33.1 Å². The molecule has 1 aromatic rings. The fourth-order valence-corrected chi connectivity index (χ4v) is 4.47. The van der Waals surface area contributed by atoms with Crippen LogP contribution in [0.1, 0.15) is 31.7 Å². The van der Waals surface area contributed by atoms with Gasteiger partial charge in [0.15, 0.2) is 0 Å². The summed E-state index contributed by atoms with van der Waals surface area (Å²) in [6.45, 7) is 2.80. The first-order valence-corrected chi connectivity index (χ1v) is 9.83. The van der Waals surface area contributed by atoms with Crippen molar-refractivity contribution < 1.29 is 9.59 Å². The molecule has 126 valence electrons. The molecule has 0 unspecified atom stereocenters. The number of nitrogens with zero attached hydrogens (tertiary/aromatic N) is 2. The highest BCUT2D eigenvalue weighted by molar-refractivity contribution is 9.10. The number of unbranched alkanes of at least 4 members (excludes halogenated alkanes) is 2. The Labute approximate surface area is 159 Å². The topological polar surface area (TPSA) is 40.6 Å². The molecule has 2 aliphatic heterocycles. The summed E-state index contributed by atoms with van der Waals surface area (Å²) < 4.78 is 1.37. The lowest BCUT2D eigenvalue weighted by Gasteiger charge is -2.16. The third kappa shape index (κ3) is 2.93. The Hall–Kier alpha value is -1.18. The van der Waals surface area contributed by atoms with Gasteiger partial charge in [-0.15, -0.1) is 0 Å². The van der Waals surface area contributed by atoms with E-state index in [1.54, 1.807) is 11.9 Å². The van der Waals surface area contributed by atoms with E-state index >= 15 is 0 Å². The van der Waals surface area contributed by atoms with E-state index in [0.717, 1.165) is 35.0 Å². The van der Waals surface area contributed by atoms with Crippen molar-refractivity contribution in [2.45, 2.75) is 26.2 Å². The fourth-order valence-electron chi connectivity index (χ4n) is 2.86. The first-order chi connectivity index (χ1) is 11.5. The van der Waals surface area contributed by atoms with E-state index < -0.39 is 0 Å². The maximum Gasteiger partial charge on any atom is 0.266 e. The lowest BCUT2D eigenvalue weighted by molar-refractivity contribution is -0.121. The molecule has 0 saturated carbocycles. The van der Waals surface area contributed by atoms with E-state index in [1.807, 2.05) is 18.2 Å². The molecule has 2 amide bonds. The van der Waals surface area contributed by atoms with Crippen LogP contribution in [-0.4, -0.2) is 34.6 Å². The van der Waals surface area contributed by atoms with Crippen LogP contribution < -0.4 is 4.90 Å². The minimum atomic E-state index is -0.199. The van der Waals surface area contributed by atoms with Crippen LogP contribution in [0.3, 0.4) is 0 Å². The zero-order valence-electron chi connectivity index (χ0n) is 13.5. The van der Waals surface area contributed by atoms with Gasteiger partial charge in [0.2, 0.25) is 0 Å². The summed E-state index contributed by atoms with van der Waals surface area (Å²) in [5.41, 5.74) is 2.15. The first-order valence-electron chi connectivity index (χ1n) is 7.81. The number of thiocarbonyl (C=S) groups is 1. The largest absolute Gasteiger partial charge is 0.308 e. The predicted octanol–water partition coefficient (Wildman–Crippen LogP) is 4.19. The van der Waals surface area contributed by atoms with Crippen LogP contribution in [0.15, 0.2) is 27.6 Å². The van der Waals surface area contributed by atoms with Crippen LogP contribution in [0.4, 0.5) is 5.69 Å². The summed E-state index contributed by atoms with van der Waals surface area (Å²) in [6, 6.07) is 5.76. The van der Waals surface area contributed by atoms with Gasteiger partial charge in [0.25, 0.3) is 11.8 Å². The average Bonchev–Trinajstić information content (AvgIpc) is 2.96. The molecule has 24 heavy (non-hydrogen) atoms. The number of anilines is 1. The average molecular weight is 425 g/mol. The molecular formula is C17H17BrN2O2S2. The van der Waals surface area contributed by atoms with Crippen LogP contribution in [-0.2, 0) is 9.59 Å². The quantitative estimate of drug-likeness (QED) is 0.412. The molecule has 0 spiro atoms. The molecule has 1 aromatic carbocycles. The normalized spacial score (nSPS) is 20.4. The zero-order chi connectivity index (χ0) is 17.4. The van der Waals surface area contributed by atoms with Crippen LogP contribution in [0.25, 0.3) is 5.57 Å². The van der Waals surface area contributed by atoms with E-state index in [2.05, 4.69) is 22.9 Å². The van der Waals surface area contributed by atoms with Gasteiger partial charge >= 0.3 is 0 Å². The minimum Gasteiger partial charge on any atom is -0.308 e. The lowest BCUT2D eigenvalue weighted by atomic mass is 10.1. The van der Waals surface area contributed by atoms with Crippen LogP contribution >= 0.6 is 39.9 Å². The Morgan fingerprint density at radius 3 is 2.58 bits per heavy atom. The lowest BCUT2D eigenvalue weighted by Crippen LogP contribution is -2.28. The summed E-state index contributed by atoms with van der Waals surface area (Å²) in [5.74, 6) is -0.303. The number of fused-ring (bicyclic) bond motifs is 1. The number of benzene rings is 1. The monoisotopic (exact) mass is 424 g/mol. The van der Waals surface area contributed by atoms with Crippen LogP contribution in [0.5, 0.6) is 0 Å². The van der Waals surface area contributed by atoms with Crippen molar-refractivity contribution in [2.75, 3.05) is 18.5 Å². The molecule has 2 heterocycles. The van der Waals surface area contributed by atoms with Gasteiger partial charge in [-0.3, -0.25) is 14.5 Å². The Balaban J connectivity index is 2.09. The molecule has 0 aliphatic carbocycles. The maximum atomic E-state index is 13.0. The van der Waals surface area contributed by atoms with Gasteiger partial charge < -0.3 is 4.90 Å². The van der Waals surface area contributed by atoms with Crippen molar-refractivity contribution >= 4 is 67.3 Å². The third-order valence-corrected chi connectivity index (χ3v) is 6.20. The molecule has 1 fully saturated rings. The number of likely N-dealkylation sites (N-methyl/N-ethyl adjacent to an activating group) is 1. The number of hydrogen-bond donors (Lipinski definition) is 0. The minimum absolute atomic E-state index is 0.104. The SMILES string of the molecule is CCCCCN1C(=O)/C(=C2\SC(=S)N(C)C2=O)c2cc(Br)ccc21. The van der Waals surface area contributed by atoms with Crippen LogP contribution in [0.2, 0.25) is 0 Å². The highest BCUT2D eigenvalue weighted by atomic mass is 79.9. The zero-order valence-corrected chi connectivity index (χ0v) is 16.7. The van der Waals surface area contributed by atoms with Gasteiger partial charge in [0.05, 0.1) is 16.2 Å². The van der Waals surface area contributed by atoms with Gasteiger partial charge in [0.1, 0.15) is 4.32 Å². The molecule has 0 radical (unpaired) electrons. The second-order valence-corrected chi connectivity index (χ2v) is 8.32. The Kier molecular flexibility index (Phi) is 5.13. The highest BCUT2D eigenvalue weighted by Gasteiger charge is 2.40. The van der Waals surface area contributed by atoms with E-state index in [-0.39, 0.29) is 11.8 Å². The summed E-state index contributed by atoms with van der Waals surface area (Å²) in [4.78, 5) is 29.2. The molecule has 7 heteroatoms. The molecule has 0 aromatic heterocycles. The highest BCUT2D eigenvalue weighted by Crippen LogP contribution is 2.45. The number of rotatable bonds is 4. The molecule has 3 rings (SSSR count). The van der Waals surface area contributed by atoms with E-state index in [0.29, 0.717) is 21.3 Å². The van der Waals surface area contributed by atoms with Gasteiger partial charge in [-0.2, -0.15) is 0 Å². The van der Waals surface area contributed by atoms with Crippen LogP contribution in [0, 0.1) is 0 Å². The molecule has 0 atom stereocenters. The molecular weight excluding hydrogens is 408 g/mol. The van der Waals surface area contributed by atoms with Gasteiger partial charge in [-0.25, -0.2) is 0 Å². The second-order valence-electron chi connectivity index (χ2n) is 5.76. The van der Waals surface area contributed by atoms with Gasteiger partial charge in [-0.1, -0.05) is 59.7 Å². The Morgan fingerprint density at radius 2 is 1.96 bits per heavy atom. The van der Waals surface area contributed by atoms with E-state index in [9.17, 15) is 9.59 Å².